The van der Waals surface area contributed by atoms with Crippen molar-refractivity contribution in [2.75, 3.05) is 25.0 Å². The first kappa shape index (κ1) is 16.0. The molecule has 0 atom stereocenters. The molecule has 0 aliphatic carbocycles. The zero-order valence-electron chi connectivity index (χ0n) is 13.0. The van der Waals surface area contributed by atoms with Crippen molar-refractivity contribution in [1.29, 1.82) is 0 Å². The van der Waals surface area contributed by atoms with Gasteiger partial charge in [0.2, 0.25) is 5.91 Å². The Kier molecular flexibility index (Phi) is 4.68. The van der Waals surface area contributed by atoms with Crippen molar-refractivity contribution >= 4 is 28.2 Å². The number of hydrogen-bond acceptors (Lipinski definition) is 4. The van der Waals surface area contributed by atoms with Crippen molar-refractivity contribution in [1.82, 2.24) is 10.6 Å². The van der Waals surface area contributed by atoms with Crippen LogP contribution in [-0.2, 0) is 4.79 Å². The summed E-state index contributed by atoms with van der Waals surface area (Å²) in [6.07, 6.45) is 0. The number of carbonyl (C=O) groups excluding carboxylic acids is 2. The molecule has 21 heavy (non-hydrogen) atoms. The van der Waals surface area contributed by atoms with E-state index in [1.54, 1.807) is 0 Å². The fourth-order valence-corrected chi connectivity index (χ4v) is 2.86. The van der Waals surface area contributed by atoms with Crippen LogP contribution in [0, 0.1) is 18.3 Å². The van der Waals surface area contributed by atoms with Crippen LogP contribution in [-0.4, -0.2) is 31.4 Å². The van der Waals surface area contributed by atoms with Crippen LogP contribution in [0.5, 0.6) is 0 Å². The second kappa shape index (κ2) is 6.15. The zero-order valence-corrected chi connectivity index (χ0v) is 13.8. The van der Waals surface area contributed by atoms with Gasteiger partial charge < -0.3 is 16.0 Å². The topological polar surface area (TPSA) is 70.2 Å². The average molecular weight is 309 g/mol. The van der Waals surface area contributed by atoms with Gasteiger partial charge in [-0.05, 0) is 18.6 Å². The average Bonchev–Trinajstić information content (AvgIpc) is 2.66. The van der Waals surface area contributed by atoms with Crippen LogP contribution in [0.1, 0.15) is 36.0 Å². The Morgan fingerprint density at radius 2 is 2.05 bits per heavy atom. The van der Waals surface area contributed by atoms with Gasteiger partial charge in [0, 0.05) is 31.0 Å². The lowest BCUT2D eigenvalue weighted by molar-refractivity contribution is -0.123. The number of rotatable bonds is 4. The molecule has 0 bridgehead atoms. The third-order valence-electron chi connectivity index (χ3n) is 3.46. The van der Waals surface area contributed by atoms with E-state index in [1.165, 1.54) is 11.3 Å². The minimum atomic E-state index is -0.447. The van der Waals surface area contributed by atoms with Gasteiger partial charge in [0.25, 0.3) is 5.91 Å². The molecule has 0 spiro atoms. The van der Waals surface area contributed by atoms with Crippen LogP contribution < -0.4 is 16.0 Å². The van der Waals surface area contributed by atoms with E-state index in [4.69, 9.17) is 0 Å². The number of nitrogens with one attached hydrogen (secondary N) is 3. The second-order valence-electron chi connectivity index (χ2n) is 6.56. The largest absolute Gasteiger partial charge is 0.351 e. The number of thiophene rings is 1. The molecule has 1 aliphatic rings. The van der Waals surface area contributed by atoms with Gasteiger partial charge in [0.1, 0.15) is 0 Å². The van der Waals surface area contributed by atoms with Crippen molar-refractivity contribution in [2.45, 2.75) is 27.7 Å². The Morgan fingerprint density at radius 3 is 2.57 bits per heavy atom. The monoisotopic (exact) mass is 309 g/mol. The first-order valence-electron chi connectivity index (χ1n) is 7.18. The molecule has 0 unspecified atom stereocenters. The molecular weight excluding hydrogens is 286 g/mol. The van der Waals surface area contributed by atoms with Crippen LogP contribution in [0.3, 0.4) is 0 Å². The van der Waals surface area contributed by atoms with E-state index >= 15 is 0 Å². The fraction of sp³-hybridized carbons (Fsp3) is 0.600. The molecule has 1 aliphatic heterocycles. The van der Waals surface area contributed by atoms with E-state index in [0.29, 0.717) is 17.3 Å². The molecule has 5 nitrogen and oxygen atoms in total. The molecule has 0 aromatic carbocycles. The SMILES string of the molecule is Cc1cc(NC(=O)C(C)(C)C)sc1C(=O)NCC1CNC1. The van der Waals surface area contributed by atoms with Gasteiger partial charge in [-0.15, -0.1) is 11.3 Å². The van der Waals surface area contributed by atoms with Crippen LogP contribution in [0.2, 0.25) is 0 Å². The van der Waals surface area contributed by atoms with Crippen molar-refractivity contribution in [3.8, 4) is 0 Å². The molecular formula is C15H23N3O2S. The maximum atomic E-state index is 12.2. The summed E-state index contributed by atoms with van der Waals surface area (Å²) in [5, 5.41) is 9.74. The Morgan fingerprint density at radius 1 is 1.38 bits per heavy atom. The molecule has 1 aromatic rings. The number of amides is 2. The summed E-state index contributed by atoms with van der Waals surface area (Å²) >= 11 is 1.33. The highest BCUT2D eigenvalue weighted by Gasteiger charge is 2.23. The summed E-state index contributed by atoms with van der Waals surface area (Å²) in [6.45, 7) is 10.1. The normalized spacial score (nSPS) is 15.4. The zero-order chi connectivity index (χ0) is 15.6. The first-order chi connectivity index (χ1) is 9.77. The van der Waals surface area contributed by atoms with Crippen LogP contribution in [0.25, 0.3) is 0 Å². The predicted molar refractivity (Wildman–Crippen MR) is 85.8 cm³/mol. The Bertz CT molecular complexity index is 542. The molecule has 1 aromatic heterocycles. The molecule has 1 saturated heterocycles. The molecule has 0 saturated carbocycles. The molecule has 6 heteroatoms. The summed E-state index contributed by atoms with van der Waals surface area (Å²) in [4.78, 5) is 24.8. The van der Waals surface area contributed by atoms with Gasteiger partial charge in [-0.2, -0.15) is 0 Å². The Hall–Kier alpha value is -1.40. The van der Waals surface area contributed by atoms with Gasteiger partial charge in [-0.25, -0.2) is 0 Å². The molecule has 0 radical (unpaired) electrons. The predicted octanol–water partition coefficient (Wildman–Crippen LogP) is 1.99. The van der Waals surface area contributed by atoms with E-state index < -0.39 is 5.41 Å². The van der Waals surface area contributed by atoms with Gasteiger partial charge in [0.05, 0.1) is 9.88 Å². The molecule has 2 rings (SSSR count). The lowest BCUT2D eigenvalue weighted by Gasteiger charge is -2.26. The first-order valence-corrected chi connectivity index (χ1v) is 8.00. The third kappa shape index (κ3) is 4.04. The lowest BCUT2D eigenvalue weighted by atomic mass is 9.96. The highest BCUT2D eigenvalue weighted by molar-refractivity contribution is 7.18. The quantitative estimate of drug-likeness (QED) is 0.796. The van der Waals surface area contributed by atoms with E-state index in [9.17, 15) is 9.59 Å². The van der Waals surface area contributed by atoms with Crippen molar-refractivity contribution in [3.63, 3.8) is 0 Å². The summed E-state index contributed by atoms with van der Waals surface area (Å²) in [6, 6.07) is 1.86. The summed E-state index contributed by atoms with van der Waals surface area (Å²) in [5.74, 6) is 0.436. The van der Waals surface area contributed by atoms with Crippen molar-refractivity contribution < 1.29 is 9.59 Å². The van der Waals surface area contributed by atoms with Gasteiger partial charge in [-0.1, -0.05) is 20.8 Å². The van der Waals surface area contributed by atoms with E-state index in [1.807, 2.05) is 33.8 Å². The van der Waals surface area contributed by atoms with Gasteiger partial charge in [0.15, 0.2) is 0 Å². The van der Waals surface area contributed by atoms with Crippen LogP contribution >= 0.6 is 11.3 Å². The molecule has 2 amide bonds. The summed E-state index contributed by atoms with van der Waals surface area (Å²) < 4.78 is 0. The number of carbonyl (C=O) groups is 2. The number of aryl methyl sites for hydroxylation is 1. The maximum Gasteiger partial charge on any atom is 0.261 e. The van der Waals surface area contributed by atoms with E-state index in [2.05, 4.69) is 16.0 Å². The summed E-state index contributed by atoms with van der Waals surface area (Å²) in [5.41, 5.74) is 0.450. The van der Waals surface area contributed by atoms with Crippen molar-refractivity contribution in [2.24, 2.45) is 11.3 Å². The minimum absolute atomic E-state index is 0.0451. The van der Waals surface area contributed by atoms with Gasteiger partial charge in [-0.3, -0.25) is 9.59 Å². The van der Waals surface area contributed by atoms with Crippen LogP contribution in [0.4, 0.5) is 5.00 Å². The molecule has 3 N–H and O–H groups in total. The lowest BCUT2D eigenvalue weighted by Crippen LogP contribution is -2.48. The Labute approximate surface area is 129 Å². The highest BCUT2D eigenvalue weighted by Crippen LogP contribution is 2.28. The second-order valence-corrected chi connectivity index (χ2v) is 7.61. The maximum absolute atomic E-state index is 12.2. The van der Waals surface area contributed by atoms with Gasteiger partial charge >= 0.3 is 0 Å². The number of hydrogen-bond donors (Lipinski definition) is 3. The Balaban J connectivity index is 1.97. The minimum Gasteiger partial charge on any atom is -0.351 e. The molecule has 1 fully saturated rings. The number of anilines is 1. The molecule has 116 valence electrons. The van der Waals surface area contributed by atoms with E-state index in [-0.39, 0.29) is 11.8 Å². The summed E-state index contributed by atoms with van der Waals surface area (Å²) in [7, 11) is 0. The van der Waals surface area contributed by atoms with E-state index in [0.717, 1.165) is 23.7 Å². The smallest absolute Gasteiger partial charge is 0.261 e. The molecule has 2 heterocycles. The fourth-order valence-electron chi connectivity index (χ4n) is 1.88. The standard InChI is InChI=1S/C15H23N3O2S/c1-9-5-11(18-14(20)15(2,3)4)21-12(9)13(19)17-8-10-6-16-7-10/h5,10,16H,6-8H2,1-4H3,(H,17,19)(H,18,20). The third-order valence-corrected chi connectivity index (χ3v) is 4.61. The van der Waals surface area contributed by atoms with Crippen LogP contribution in [0.15, 0.2) is 6.07 Å². The highest BCUT2D eigenvalue weighted by atomic mass is 32.1. The van der Waals surface area contributed by atoms with Crippen molar-refractivity contribution in [3.05, 3.63) is 16.5 Å².